The Morgan fingerprint density at radius 1 is 1.39 bits per heavy atom. The van der Waals surface area contributed by atoms with E-state index in [9.17, 15) is 0 Å². The molecule has 5 heteroatoms. The topological polar surface area (TPSA) is 74.2 Å². The van der Waals surface area contributed by atoms with Crippen molar-refractivity contribution in [3.63, 3.8) is 0 Å². The number of methoxy groups -OCH3 is 1. The number of ether oxygens (including phenoxy) is 1. The second-order valence-corrected chi connectivity index (χ2v) is 5.29. The highest BCUT2D eigenvalue weighted by Gasteiger charge is 2.39. The zero-order valence-corrected chi connectivity index (χ0v) is 11.5. The SMILES string of the molecule is CCC(N)(CC)c1noc(CC2(OC)CCC2)n1. The van der Waals surface area contributed by atoms with Gasteiger partial charge in [0.1, 0.15) is 0 Å². The van der Waals surface area contributed by atoms with Gasteiger partial charge in [-0.3, -0.25) is 0 Å². The predicted molar refractivity (Wildman–Crippen MR) is 68.0 cm³/mol. The maximum Gasteiger partial charge on any atom is 0.229 e. The maximum atomic E-state index is 6.26. The average Bonchev–Trinajstić information content (AvgIpc) is 2.82. The van der Waals surface area contributed by atoms with Crippen molar-refractivity contribution >= 4 is 0 Å². The Balaban J connectivity index is 2.11. The summed E-state index contributed by atoms with van der Waals surface area (Å²) in [7, 11) is 1.75. The van der Waals surface area contributed by atoms with Crippen molar-refractivity contribution in [1.82, 2.24) is 10.1 Å². The standard InChI is InChI=1S/C13H23N3O2/c1-4-13(14,5-2)11-15-10(18-16-11)9-12(17-3)7-6-8-12/h4-9,14H2,1-3H3. The van der Waals surface area contributed by atoms with Crippen LogP contribution in [0.5, 0.6) is 0 Å². The third-order valence-electron chi connectivity index (χ3n) is 4.35. The number of nitrogens with zero attached hydrogens (tertiary/aromatic N) is 2. The summed E-state index contributed by atoms with van der Waals surface area (Å²) in [6.45, 7) is 4.09. The lowest BCUT2D eigenvalue weighted by Gasteiger charge is -2.39. The van der Waals surface area contributed by atoms with Crippen LogP contribution in [0.25, 0.3) is 0 Å². The predicted octanol–water partition coefficient (Wildman–Crippen LogP) is 2.16. The number of hydrogen-bond donors (Lipinski definition) is 1. The van der Waals surface area contributed by atoms with Crippen LogP contribution in [0.4, 0.5) is 0 Å². The molecule has 0 amide bonds. The summed E-state index contributed by atoms with van der Waals surface area (Å²) in [5.74, 6) is 1.26. The second-order valence-electron chi connectivity index (χ2n) is 5.29. The van der Waals surface area contributed by atoms with Gasteiger partial charge in [0.2, 0.25) is 5.89 Å². The molecular weight excluding hydrogens is 230 g/mol. The van der Waals surface area contributed by atoms with E-state index in [-0.39, 0.29) is 5.60 Å². The van der Waals surface area contributed by atoms with E-state index in [1.54, 1.807) is 7.11 Å². The first-order chi connectivity index (χ1) is 8.57. The molecule has 1 heterocycles. The van der Waals surface area contributed by atoms with Crippen LogP contribution in [0.3, 0.4) is 0 Å². The molecule has 1 aliphatic carbocycles. The number of nitrogens with two attached hydrogens (primary N) is 1. The Morgan fingerprint density at radius 2 is 2.06 bits per heavy atom. The molecule has 1 fully saturated rings. The van der Waals surface area contributed by atoms with Crippen LogP contribution in [0.15, 0.2) is 4.52 Å². The fraction of sp³-hybridized carbons (Fsp3) is 0.846. The molecule has 0 saturated heterocycles. The van der Waals surface area contributed by atoms with Gasteiger partial charge in [0.15, 0.2) is 5.82 Å². The first kappa shape index (κ1) is 13.5. The van der Waals surface area contributed by atoms with Gasteiger partial charge in [0, 0.05) is 7.11 Å². The Hall–Kier alpha value is -0.940. The van der Waals surface area contributed by atoms with Gasteiger partial charge in [0.05, 0.1) is 17.6 Å². The van der Waals surface area contributed by atoms with Crippen molar-refractivity contribution in [3.8, 4) is 0 Å². The molecule has 0 radical (unpaired) electrons. The van der Waals surface area contributed by atoms with Crippen molar-refractivity contribution in [2.45, 2.75) is 63.5 Å². The monoisotopic (exact) mass is 253 g/mol. The summed E-state index contributed by atoms with van der Waals surface area (Å²) >= 11 is 0. The maximum absolute atomic E-state index is 6.26. The molecule has 2 rings (SSSR count). The molecule has 0 unspecified atom stereocenters. The fourth-order valence-electron chi connectivity index (χ4n) is 2.39. The molecule has 18 heavy (non-hydrogen) atoms. The van der Waals surface area contributed by atoms with Crippen molar-refractivity contribution in [1.29, 1.82) is 0 Å². The summed E-state index contributed by atoms with van der Waals surface area (Å²) in [5, 5.41) is 4.04. The lowest BCUT2D eigenvalue weighted by atomic mass is 9.77. The van der Waals surface area contributed by atoms with Crippen molar-refractivity contribution in [2.75, 3.05) is 7.11 Å². The highest BCUT2D eigenvalue weighted by atomic mass is 16.5. The van der Waals surface area contributed by atoms with E-state index >= 15 is 0 Å². The van der Waals surface area contributed by atoms with Crippen LogP contribution in [-0.2, 0) is 16.7 Å². The van der Waals surface area contributed by atoms with Gasteiger partial charge in [0.25, 0.3) is 0 Å². The minimum absolute atomic E-state index is 0.0838. The molecule has 1 aromatic heterocycles. The van der Waals surface area contributed by atoms with Gasteiger partial charge in [-0.05, 0) is 32.1 Å². The zero-order chi connectivity index (χ0) is 13.2. The van der Waals surface area contributed by atoms with Gasteiger partial charge in [-0.25, -0.2) is 0 Å². The van der Waals surface area contributed by atoms with Gasteiger partial charge < -0.3 is 15.0 Å². The van der Waals surface area contributed by atoms with Gasteiger partial charge in [-0.2, -0.15) is 4.98 Å². The van der Waals surface area contributed by atoms with Crippen LogP contribution in [0.1, 0.15) is 57.7 Å². The van der Waals surface area contributed by atoms with Crippen LogP contribution in [0, 0.1) is 0 Å². The Morgan fingerprint density at radius 3 is 2.50 bits per heavy atom. The van der Waals surface area contributed by atoms with E-state index in [0.717, 1.165) is 25.7 Å². The summed E-state index contributed by atoms with van der Waals surface area (Å²) in [6, 6.07) is 0. The fourth-order valence-corrected chi connectivity index (χ4v) is 2.39. The molecule has 0 atom stereocenters. The van der Waals surface area contributed by atoms with E-state index in [1.807, 2.05) is 13.8 Å². The minimum Gasteiger partial charge on any atom is -0.378 e. The molecule has 0 bridgehead atoms. The highest BCUT2D eigenvalue weighted by molar-refractivity contribution is 5.05. The molecule has 1 saturated carbocycles. The van der Waals surface area contributed by atoms with Gasteiger partial charge in [-0.1, -0.05) is 19.0 Å². The Bertz CT molecular complexity index is 389. The lowest BCUT2D eigenvalue weighted by Crippen LogP contribution is -2.41. The summed E-state index contributed by atoms with van der Waals surface area (Å²) < 4.78 is 10.9. The third-order valence-corrected chi connectivity index (χ3v) is 4.35. The van der Waals surface area contributed by atoms with Gasteiger partial charge >= 0.3 is 0 Å². The number of hydrogen-bond acceptors (Lipinski definition) is 5. The first-order valence-electron chi connectivity index (χ1n) is 6.74. The van der Waals surface area contributed by atoms with Crippen LogP contribution < -0.4 is 5.73 Å². The molecule has 1 aliphatic rings. The van der Waals surface area contributed by atoms with Crippen molar-refractivity contribution in [3.05, 3.63) is 11.7 Å². The summed E-state index contributed by atoms with van der Waals surface area (Å²) in [5.41, 5.74) is 5.70. The molecular formula is C13H23N3O2. The molecule has 2 N–H and O–H groups in total. The Kier molecular flexibility index (Phi) is 3.73. The van der Waals surface area contributed by atoms with E-state index < -0.39 is 5.54 Å². The average molecular weight is 253 g/mol. The van der Waals surface area contributed by atoms with Crippen LogP contribution in [-0.4, -0.2) is 22.9 Å². The molecule has 5 nitrogen and oxygen atoms in total. The number of rotatable bonds is 6. The molecule has 0 aliphatic heterocycles. The number of aromatic nitrogens is 2. The van der Waals surface area contributed by atoms with Crippen molar-refractivity contribution in [2.24, 2.45) is 5.73 Å². The normalized spacial score (nSPS) is 18.7. The minimum atomic E-state index is -0.471. The van der Waals surface area contributed by atoms with Gasteiger partial charge in [-0.15, -0.1) is 0 Å². The van der Waals surface area contributed by atoms with E-state index in [0.29, 0.717) is 18.1 Å². The summed E-state index contributed by atoms with van der Waals surface area (Å²) in [4.78, 5) is 4.46. The largest absolute Gasteiger partial charge is 0.378 e. The zero-order valence-electron chi connectivity index (χ0n) is 11.5. The molecule has 0 aromatic carbocycles. The molecule has 102 valence electrons. The van der Waals surface area contributed by atoms with E-state index in [2.05, 4.69) is 10.1 Å². The van der Waals surface area contributed by atoms with E-state index in [1.165, 1.54) is 6.42 Å². The van der Waals surface area contributed by atoms with Crippen molar-refractivity contribution < 1.29 is 9.26 Å². The van der Waals surface area contributed by atoms with Crippen LogP contribution >= 0.6 is 0 Å². The first-order valence-corrected chi connectivity index (χ1v) is 6.74. The second kappa shape index (κ2) is 4.97. The smallest absolute Gasteiger partial charge is 0.229 e. The summed E-state index contributed by atoms with van der Waals surface area (Å²) in [6.07, 6.45) is 5.64. The van der Waals surface area contributed by atoms with Crippen LogP contribution in [0.2, 0.25) is 0 Å². The molecule has 1 aromatic rings. The quantitative estimate of drug-likeness (QED) is 0.840. The highest BCUT2D eigenvalue weighted by Crippen LogP contribution is 2.37. The third kappa shape index (κ3) is 2.29. The lowest BCUT2D eigenvalue weighted by molar-refractivity contribution is -0.0751. The van der Waals surface area contributed by atoms with E-state index in [4.69, 9.17) is 15.0 Å². The Labute approximate surface area is 108 Å². The molecule has 0 spiro atoms.